The lowest BCUT2D eigenvalue weighted by atomic mass is 10.2. The van der Waals surface area contributed by atoms with E-state index >= 15 is 0 Å². The second-order valence-corrected chi connectivity index (χ2v) is 5.28. The van der Waals surface area contributed by atoms with E-state index in [9.17, 15) is 9.59 Å². The molecular weight excluding hydrogens is 242 g/mol. The summed E-state index contributed by atoms with van der Waals surface area (Å²) in [7, 11) is 0. The molecule has 0 aliphatic heterocycles. The molecule has 0 saturated heterocycles. The number of alkyl carbamates (subject to hydrolysis) is 1. The van der Waals surface area contributed by atoms with E-state index in [1.807, 2.05) is 6.92 Å². The molecule has 0 bridgehead atoms. The topological polar surface area (TPSA) is 75.6 Å². The molecule has 2 N–H and O–H groups in total. The van der Waals surface area contributed by atoms with Crippen molar-refractivity contribution in [3.63, 3.8) is 0 Å². The molecule has 0 aromatic heterocycles. The van der Waals surface area contributed by atoms with Gasteiger partial charge in [-0.1, -0.05) is 6.08 Å². The number of carbonyl (C=O) groups excluding carboxylic acids is 1. The van der Waals surface area contributed by atoms with Gasteiger partial charge >= 0.3 is 12.1 Å². The number of carboxylic acids is 1. The average Bonchev–Trinajstić information content (AvgIpc) is 2.13. The number of hydrogen-bond acceptors (Lipinski definition) is 4. The number of ether oxygens (including phenoxy) is 1. The molecule has 17 heavy (non-hydrogen) atoms. The summed E-state index contributed by atoms with van der Waals surface area (Å²) >= 11 is 1.32. The summed E-state index contributed by atoms with van der Waals surface area (Å²) < 4.78 is 4.98. The third kappa shape index (κ3) is 8.62. The quantitative estimate of drug-likeness (QED) is 0.793. The molecule has 0 radical (unpaired) electrons. The van der Waals surface area contributed by atoms with E-state index in [1.54, 1.807) is 32.3 Å². The van der Waals surface area contributed by atoms with Gasteiger partial charge in [-0.05, 0) is 33.1 Å². The Hall–Kier alpha value is -1.17. The Morgan fingerprint density at radius 1 is 1.47 bits per heavy atom. The number of carboxylic acid groups (broad SMARTS) is 1. The number of hydrogen-bond donors (Lipinski definition) is 2. The molecule has 0 saturated carbocycles. The van der Waals surface area contributed by atoms with E-state index in [0.717, 1.165) is 0 Å². The Morgan fingerprint density at radius 2 is 2.06 bits per heavy atom. The van der Waals surface area contributed by atoms with E-state index in [-0.39, 0.29) is 5.75 Å². The number of allylic oxidation sites excluding steroid dienone is 1. The summed E-state index contributed by atoms with van der Waals surface area (Å²) in [5.74, 6) is -0.813. The maximum Gasteiger partial charge on any atom is 0.408 e. The minimum atomic E-state index is -1.08. The third-order valence-corrected chi connectivity index (χ3v) is 2.47. The summed E-state index contributed by atoms with van der Waals surface area (Å²) in [6.07, 6.45) is 1.09. The SMILES string of the molecule is C/C=C/SC[C@H](NC(=O)OC(C)(C)C)C(=O)O. The van der Waals surface area contributed by atoms with E-state index < -0.39 is 23.7 Å². The normalized spacial score (nSPS) is 13.4. The predicted molar refractivity (Wildman–Crippen MR) is 68.1 cm³/mol. The Bertz CT molecular complexity index is 296. The molecule has 0 aliphatic rings. The van der Waals surface area contributed by atoms with Gasteiger partial charge in [0.25, 0.3) is 0 Å². The highest BCUT2D eigenvalue weighted by Crippen LogP contribution is 2.09. The summed E-state index contributed by atoms with van der Waals surface area (Å²) in [6.45, 7) is 6.99. The minimum Gasteiger partial charge on any atom is -0.480 e. The first kappa shape index (κ1) is 15.8. The average molecular weight is 261 g/mol. The van der Waals surface area contributed by atoms with Gasteiger partial charge < -0.3 is 15.2 Å². The highest BCUT2D eigenvalue weighted by atomic mass is 32.2. The lowest BCUT2D eigenvalue weighted by molar-refractivity contribution is -0.138. The van der Waals surface area contributed by atoms with Crippen LogP contribution >= 0.6 is 11.8 Å². The maximum absolute atomic E-state index is 11.4. The Labute approximate surface area is 106 Å². The molecule has 0 aliphatic carbocycles. The first-order valence-corrected chi connectivity index (χ1v) is 6.26. The van der Waals surface area contributed by atoms with Crippen LogP contribution in [0.3, 0.4) is 0 Å². The molecule has 0 heterocycles. The van der Waals surface area contributed by atoms with Gasteiger partial charge in [0.2, 0.25) is 0 Å². The van der Waals surface area contributed by atoms with Crippen molar-refractivity contribution in [3.05, 3.63) is 11.5 Å². The first-order chi connectivity index (χ1) is 7.76. The molecule has 0 fully saturated rings. The van der Waals surface area contributed by atoms with Crippen LogP contribution < -0.4 is 5.32 Å². The van der Waals surface area contributed by atoms with Gasteiger partial charge in [0, 0.05) is 5.75 Å². The zero-order chi connectivity index (χ0) is 13.5. The van der Waals surface area contributed by atoms with Crippen LogP contribution in [0, 0.1) is 0 Å². The van der Waals surface area contributed by atoms with Crippen LogP contribution in [0.5, 0.6) is 0 Å². The van der Waals surface area contributed by atoms with Crippen LogP contribution in [0.25, 0.3) is 0 Å². The van der Waals surface area contributed by atoms with E-state index in [2.05, 4.69) is 5.32 Å². The number of rotatable bonds is 5. The van der Waals surface area contributed by atoms with Gasteiger partial charge in [0.05, 0.1) is 0 Å². The van der Waals surface area contributed by atoms with E-state index in [0.29, 0.717) is 0 Å². The fraction of sp³-hybridized carbons (Fsp3) is 0.636. The number of aliphatic carboxylic acids is 1. The van der Waals surface area contributed by atoms with Crippen molar-refractivity contribution in [1.82, 2.24) is 5.32 Å². The van der Waals surface area contributed by atoms with Crippen LogP contribution in [0.4, 0.5) is 4.79 Å². The Balaban J connectivity index is 4.25. The molecule has 0 aromatic carbocycles. The molecule has 1 amide bonds. The monoisotopic (exact) mass is 261 g/mol. The standard InChI is InChI=1S/C11H19NO4S/c1-5-6-17-7-8(9(13)14)12-10(15)16-11(2,3)4/h5-6,8H,7H2,1-4H3,(H,12,15)(H,13,14)/b6-5+/t8-/m0/s1. The number of thioether (sulfide) groups is 1. The van der Waals surface area contributed by atoms with Gasteiger partial charge in [-0.2, -0.15) is 0 Å². The van der Waals surface area contributed by atoms with E-state index in [1.165, 1.54) is 11.8 Å². The van der Waals surface area contributed by atoms with Gasteiger partial charge in [0.15, 0.2) is 0 Å². The largest absolute Gasteiger partial charge is 0.480 e. The Morgan fingerprint density at radius 3 is 2.47 bits per heavy atom. The van der Waals surface area contributed by atoms with Crippen LogP contribution in [0.15, 0.2) is 11.5 Å². The van der Waals surface area contributed by atoms with Crippen LogP contribution in [-0.2, 0) is 9.53 Å². The van der Waals surface area contributed by atoms with Gasteiger partial charge in [-0.15, -0.1) is 11.8 Å². The highest BCUT2D eigenvalue weighted by Gasteiger charge is 2.23. The second-order valence-electron chi connectivity index (χ2n) is 4.34. The minimum absolute atomic E-state index is 0.263. The van der Waals surface area contributed by atoms with Crippen molar-refractivity contribution in [3.8, 4) is 0 Å². The van der Waals surface area contributed by atoms with Crippen LogP contribution in [-0.4, -0.2) is 34.6 Å². The van der Waals surface area contributed by atoms with Crippen LogP contribution in [0.1, 0.15) is 27.7 Å². The summed E-state index contributed by atoms with van der Waals surface area (Å²) in [5.41, 5.74) is -0.635. The molecule has 98 valence electrons. The third-order valence-electron chi connectivity index (χ3n) is 1.48. The smallest absolute Gasteiger partial charge is 0.408 e. The van der Waals surface area contributed by atoms with Crippen molar-refractivity contribution in [1.29, 1.82) is 0 Å². The lowest BCUT2D eigenvalue weighted by Crippen LogP contribution is -2.44. The van der Waals surface area contributed by atoms with Crippen molar-refractivity contribution >= 4 is 23.8 Å². The summed E-state index contributed by atoms with van der Waals surface area (Å²) in [5, 5.41) is 13.0. The van der Waals surface area contributed by atoms with E-state index in [4.69, 9.17) is 9.84 Å². The van der Waals surface area contributed by atoms with Crippen LogP contribution in [0.2, 0.25) is 0 Å². The zero-order valence-electron chi connectivity index (χ0n) is 10.5. The van der Waals surface area contributed by atoms with Gasteiger partial charge in [-0.3, -0.25) is 0 Å². The molecule has 0 rings (SSSR count). The molecule has 5 nitrogen and oxygen atoms in total. The van der Waals surface area contributed by atoms with Crippen molar-refractivity contribution < 1.29 is 19.4 Å². The molecule has 0 spiro atoms. The first-order valence-electron chi connectivity index (χ1n) is 5.21. The second kappa shape index (κ2) is 7.21. The molecule has 1 atom stereocenters. The molecule has 0 unspecified atom stereocenters. The summed E-state index contributed by atoms with van der Waals surface area (Å²) in [4.78, 5) is 22.3. The number of nitrogens with one attached hydrogen (secondary N) is 1. The van der Waals surface area contributed by atoms with Crippen molar-refractivity contribution in [2.45, 2.75) is 39.3 Å². The number of amides is 1. The highest BCUT2D eigenvalue weighted by molar-refractivity contribution is 8.02. The zero-order valence-corrected chi connectivity index (χ0v) is 11.3. The predicted octanol–water partition coefficient (Wildman–Crippen LogP) is 2.23. The Kier molecular flexibility index (Phi) is 6.72. The fourth-order valence-electron chi connectivity index (χ4n) is 0.873. The van der Waals surface area contributed by atoms with Crippen molar-refractivity contribution in [2.24, 2.45) is 0 Å². The molecule has 6 heteroatoms. The molecular formula is C11H19NO4S. The fourth-order valence-corrected chi connectivity index (χ4v) is 1.59. The van der Waals surface area contributed by atoms with Crippen molar-refractivity contribution in [2.75, 3.05) is 5.75 Å². The summed E-state index contributed by atoms with van der Waals surface area (Å²) in [6, 6.07) is -0.953. The number of carbonyl (C=O) groups is 2. The lowest BCUT2D eigenvalue weighted by Gasteiger charge is -2.21. The van der Waals surface area contributed by atoms with Gasteiger partial charge in [0.1, 0.15) is 11.6 Å². The molecule has 0 aromatic rings. The maximum atomic E-state index is 11.4. The van der Waals surface area contributed by atoms with Gasteiger partial charge in [-0.25, -0.2) is 9.59 Å².